The lowest BCUT2D eigenvalue weighted by Gasteiger charge is -2.37. The molecule has 2 fully saturated rings. The molecule has 3 amide bonds. The van der Waals surface area contributed by atoms with Gasteiger partial charge in [0.05, 0.1) is 12.3 Å². The molecule has 1 saturated carbocycles. The summed E-state index contributed by atoms with van der Waals surface area (Å²) in [5.41, 5.74) is 11.9. The van der Waals surface area contributed by atoms with Gasteiger partial charge in [-0.15, -0.1) is 0 Å². The summed E-state index contributed by atoms with van der Waals surface area (Å²) in [6.07, 6.45) is 5.96. The van der Waals surface area contributed by atoms with E-state index in [-0.39, 0.29) is 11.7 Å². The van der Waals surface area contributed by atoms with Gasteiger partial charge < -0.3 is 26.4 Å². The van der Waals surface area contributed by atoms with Crippen molar-refractivity contribution in [2.75, 3.05) is 45.2 Å². The van der Waals surface area contributed by atoms with E-state index in [1.54, 1.807) is 17.2 Å². The van der Waals surface area contributed by atoms with Crippen LogP contribution in [0.5, 0.6) is 0 Å². The highest BCUT2D eigenvalue weighted by atomic mass is 16.3. The summed E-state index contributed by atoms with van der Waals surface area (Å²) in [5, 5.41) is 12.0. The fourth-order valence-corrected chi connectivity index (χ4v) is 5.12. The van der Waals surface area contributed by atoms with Crippen LogP contribution >= 0.6 is 0 Å². The van der Waals surface area contributed by atoms with Crippen LogP contribution < -0.4 is 22.5 Å². The molecular formula is C27H40N8O4. The van der Waals surface area contributed by atoms with Gasteiger partial charge >= 0.3 is 11.7 Å². The zero-order chi connectivity index (χ0) is 28.2. The first-order valence-electron chi connectivity index (χ1n) is 13.5. The second kappa shape index (κ2) is 12.2. The number of rotatable bonds is 7. The Balaban J connectivity index is 1.31. The number of aliphatic hydroxyl groups excluding tert-OH is 1. The molecule has 1 aliphatic heterocycles. The first kappa shape index (κ1) is 28.7. The number of aliphatic hydroxyl groups is 1. The highest BCUT2D eigenvalue weighted by molar-refractivity contribution is 5.89. The number of carbonyl (C=O) groups excluding carboxylic acids is 2. The third kappa shape index (κ3) is 7.01. The predicted octanol–water partition coefficient (Wildman–Crippen LogP) is 0.320. The highest BCUT2D eigenvalue weighted by Gasteiger charge is 2.34. The molecule has 0 radical (unpaired) electrons. The van der Waals surface area contributed by atoms with Crippen LogP contribution in [-0.2, 0) is 11.3 Å². The van der Waals surface area contributed by atoms with Gasteiger partial charge in [0.15, 0.2) is 0 Å². The van der Waals surface area contributed by atoms with Crippen LogP contribution in [0.25, 0.3) is 5.69 Å². The molecule has 1 aliphatic carbocycles. The fraction of sp³-hybridized carbons (Fsp3) is 0.556. The average Bonchev–Trinajstić information content (AvgIpc) is 2.93. The number of benzene rings is 1. The number of nitrogens with zero attached hydrogens (tertiary/aromatic N) is 5. The summed E-state index contributed by atoms with van der Waals surface area (Å²) >= 11 is 0. The smallest absolute Gasteiger partial charge is 0.354 e. The summed E-state index contributed by atoms with van der Waals surface area (Å²) < 4.78 is 1.43. The van der Waals surface area contributed by atoms with Crippen LogP contribution in [0.1, 0.15) is 38.2 Å². The van der Waals surface area contributed by atoms with Crippen molar-refractivity contribution < 1.29 is 14.7 Å². The van der Waals surface area contributed by atoms with Crippen LogP contribution in [0.15, 0.2) is 41.3 Å². The zero-order valence-electron chi connectivity index (χ0n) is 22.8. The van der Waals surface area contributed by atoms with E-state index in [2.05, 4.69) is 22.2 Å². The lowest BCUT2D eigenvalue weighted by Crippen LogP contribution is -2.60. The van der Waals surface area contributed by atoms with E-state index in [4.69, 9.17) is 11.5 Å². The molecule has 12 heteroatoms. The molecule has 1 atom stereocenters. The first-order valence-corrected chi connectivity index (χ1v) is 13.5. The third-order valence-corrected chi connectivity index (χ3v) is 7.72. The Morgan fingerprint density at radius 2 is 1.69 bits per heavy atom. The summed E-state index contributed by atoms with van der Waals surface area (Å²) in [6, 6.07) is 9.86. The molecule has 2 aliphatic rings. The Morgan fingerprint density at radius 1 is 1.08 bits per heavy atom. The lowest BCUT2D eigenvalue weighted by atomic mass is 9.91. The zero-order valence-corrected chi connectivity index (χ0v) is 22.8. The van der Waals surface area contributed by atoms with E-state index in [1.165, 1.54) is 16.4 Å². The molecule has 1 aromatic carbocycles. The molecule has 0 bridgehead atoms. The van der Waals surface area contributed by atoms with Crippen LogP contribution in [0.2, 0.25) is 0 Å². The maximum atomic E-state index is 12.7. The molecule has 39 heavy (non-hydrogen) atoms. The molecule has 2 heterocycles. The van der Waals surface area contributed by atoms with Crippen LogP contribution in [0, 0.1) is 0 Å². The van der Waals surface area contributed by atoms with Crippen molar-refractivity contribution in [3.8, 4) is 5.69 Å². The number of amides is 3. The normalized spacial score (nSPS) is 21.5. The van der Waals surface area contributed by atoms with Crippen LogP contribution in [-0.4, -0.2) is 98.8 Å². The highest BCUT2D eigenvalue weighted by Crippen LogP contribution is 2.23. The van der Waals surface area contributed by atoms with Gasteiger partial charge in [0.2, 0.25) is 5.91 Å². The lowest BCUT2D eigenvalue weighted by molar-refractivity contribution is -0.139. The summed E-state index contributed by atoms with van der Waals surface area (Å²) in [6.45, 7) is 3.04. The van der Waals surface area contributed by atoms with Gasteiger partial charge in [-0.3, -0.25) is 19.6 Å². The minimum Gasteiger partial charge on any atom is -0.394 e. The number of carbonyl (C=O) groups is 2. The number of urea groups is 1. The van der Waals surface area contributed by atoms with Gasteiger partial charge in [0.1, 0.15) is 11.4 Å². The topological polar surface area (TPSA) is 163 Å². The number of hydrogen-bond donors (Lipinski definition) is 4. The number of nitrogens with two attached hydrogens (primary N) is 2. The van der Waals surface area contributed by atoms with Crippen LogP contribution in [0.3, 0.4) is 0 Å². The Kier molecular flexibility index (Phi) is 9.01. The van der Waals surface area contributed by atoms with Crippen molar-refractivity contribution in [2.45, 2.75) is 56.8 Å². The van der Waals surface area contributed by atoms with E-state index in [0.717, 1.165) is 37.8 Å². The molecular weight excluding hydrogens is 500 g/mol. The van der Waals surface area contributed by atoms with Gasteiger partial charge in [-0.05, 0) is 63.4 Å². The van der Waals surface area contributed by atoms with Gasteiger partial charge in [0, 0.05) is 51.0 Å². The molecule has 1 saturated heterocycles. The number of hydrogen-bond acceptors (Lipinski definition) is 8. The summed E-state index contributed by atoms with van der Waals surface area (Å²) in [5.74, 6) is -0.204. The van der Waals surface area contributed by atoms with E-state index >= 15 is 0 Å². The Labute approximate surface area is 228 Å². The summed E-state index contributed by atoms with van der Waals surface area (Å²) in [7, 11) is 2.14. The van der Waals surface area contributed by atoms with Crippen LogP contribution in [0.4, 0.5) is 10.6 Å². The number of aromatic nitrogens is 2. The van der Waals surface area contributed by atoms with Crippen molar-refractivity contribution in [2.24, 2.45) is 11.5 Å². The second-order valence-corrected chi connectivity index (χ2v) is 10.9. The monoisotopic (exact) mass is 540 g/mol. The number of piperazine rings is 1. The van der Waals surface area contributed by atoms with Crippen molar-refractivity contribution in [1.82, 2.24) is 24.3 Å². The Morgan fingerprint density at radius 3 is 2.28 bits per heavy atom. The Hall–Kier alpha value is -3.32. The Bertz CT molecular complexity index is 1200. The van der Waals surface area contributed by atoms with Gasteiger partial charge in [-0.1, -0.05) is 12.1 Å². The molecule has 212 valence electrons. The predicted molar refractivity (Wildman–Crippen MR) is 148 cm³/mol. The van der Waals surface area contributed by atoms with E-state index in [1.807, 2.05) is 24.3 Å². The van der Waals surface area contributed by atoms with E-state index in [9.17, 15) is 19.5 Å². The minimum atomic E-state index is -1.35. The van der Waals surface area contributed by atoms with Gasteiger partial charge in [-0.2, -0.15) is 4.98 Å². The van der Waals surface area contributed by atoms with E-state index < -0.39 is 23.9 Å². The maximum Gasteiger partial charge on any atom is 0.354 e. The molecule has 1 aromatic heterocycles. The molecule has 12 nitrogen and oxygen atoms in total. The number of anilines is 1. The quantitative estimate of drug-likeness (QED) is 0.390. The van der Waals surface area contributed by atoms with Crippen molar-refractivity contribution in [3.05, 3.63) is 52.6 Å². The first-order chi connectivity index (χ1) is 18.6. The second-order valence-electron chi connectivity index (χ2n) is 10.9. The SMILES string of the molecule is CN(Cc1ccc(-n2ccc(NC(=O)N3CCN(C(=O)[C@@](C)(N)CO)CC3)nc2=O)cc1)C1CCC(N)CC1. The molecule has 0 spiro atoms. The van der Waals surface area contributed by atoms with Crippen molar-refractivity contribution in [3.63, 3.8) is 0 Å². The molecule has 4 rings (SSSR count). The molecule has 2 aromatic rings. The summed E-state index contributed by atoms with van der Waals surface area (Å²) in [4.78, 5) is 47.3. The third-order valence-electron chi connectivity index (χ3n) is 7.72. The minimum absolute atomic E-state index is 0.153. The standard InChI is InChI=1S/C27H40N8O4/c1-27(29,18-36)24(37)33-13-15-34(16-14-33)25(38)30-23-11-12-35(26(39)31-23)22-7-3-19(4-8-22)17-32(2)21-9-5-20(28)6-10-21/h3-4,7-8,11-12,20-21,36H,5-6,9-10,13-18,28-29H2,1-2H3,(H,30,31,38,39)/t20?,21?,27-/m0/s1. The number of nitrogens with one attached hydrogen (secondary N) is 1. The van der Waals surface area contributed by atoms with Crippen molar-refractivity contribution in [1.29, 1.82) is 0 Å². The van der Waals surface area contributed by atoms with Crippen molar-refractivity contribution >= 4 is 17.8 Å². The van der Waals surface area contributed by atoms with Gasteiger partial charge in [-0.25, -0.2) is 9.59 Å². The fourth-order valence-electron chi connectivity index (χ4n) is 5.12. The largest absolute Gasteiger partial charge is 0.394 e. The molecule has 6 N–H and O–H groups in total. The molecule has 0 unspecified atom stereocenters. The van der Waals surface area contributed by atoms with Gasteiger partial charge in [0.25, 0.3) is 0 Å². The average molecular weight is 541 g/mol. The van der Waals surface area contributed by atoms with E-state index in [0.29, 0.717) is 44.0 Å². The maximum absolute atomic E-state index is 12.7.